The lowest BCUT2D eigenvalue weighted by Gasteiger charge is -2.35. The van der Waals surface area contributed by atoms with Gasteiger partial charge in [0.1, 0.15) is 11.4 Å². The van der Waals surface area contributed by atoms with Gasteiger partial charge in [0.25, 0.3) is 0 Å². The van der Waals surface area contributed by atoms with Crippen LogP contribution in [0, 0.1) is 6.92 Å². The van der Waals surface area contributed by atoms with E-state index >= 15 is 0 Å². The average Bonchev–Trinajstić information content (AvgIpc) is 2.76. The molecule has 1 fully saturated rings. The van der Waals surface area contributed by atoms with Crippen molar-refractivity contribution in [2.24, 2.45) is 0 Å². The van der Waals surface area contributed by atoms with E-state index in [-0.39, 0.29) is 12.1 Å². The second-order valence-corrected chi connectivity index (χ2v) is 9.69. The lowest BCUT2D eigenvalue weighted by molar-refractivity contribution is 0.0179. The molecule has 6 nitrogen and oxygen atoms in total. The summed E-state index contributed by atoms with van der Waals surface area (Å²) in [5.41, 5.74) is 3.92. The van der Waals surface area contributed by atoms with Gasteiger partial charge in [-0.3, -0.25) is 4.98 Å². The van der Waals surface area contributed by atoms with Crippen LogP contribution in [0.3, 0.4) is 0 Å². The number of ether oxygens (including phenoxy) is 2. The Morgan fingerprint density at radius 3 is 2.41 bits per heavy atom. The number of benzene rings is 1. The predicted molar refractivity (Wildman–Crippen MR) is 128 cm³/mol. The molecule has 6 heteroatoms. The van der Waals surface area contributed by atoms with Gasteiger partial charge >= 0.3 is 6.09 Å². The molecule has 1 aromatic carbocycles. The molecule has 1 N–H and O–H groups in total. The summed E-state index contributed by atoms with van der Waals surface area (Å²) in [6.45, 7) is 8.44. The third kappa shape index (κ3) is 6.45. The van der Waals surface area contributed by atoms with Crippen LogP contribution in [-0.2, 0) is 11.3 Å². The molecule has 0 saturated heterocycles. The summed E-state index contributed by atoms with van der Waals surface area (Å²) < 4.78 is 11.1. The van der Waals surface area contributed by atoms with Gasteiger partial charge in [-0.25, -0.2) is 4.79 Å². The minimum atomic E-state index is -0.466. The number of methoxy groups -OCH3 is 1. The number of aromatic nitrogens is 1. The standard InChI is InChI=1S/C26H37N3O3/c1-18-7-8-20(16-27-18)19-9-14-24(31-6)21(15-19)17-28-22-10-12-23(13-11-22)29(5)25(30)32-26(2,3)4/h7-9,14-16,22-23,28H,10-13,17H2,1-6H3. The van der Waals surface area contributed by atoms with Crippen molar-refractivity contribution in [2.75, 3.05) is 14.2 Å². The number of nitrogens with zero attached hydrogens (tertiary/aromatic N) is 2. The van der Waals surface area contributed by atoms with Crippen LogP contribution < -0.4 is 10.1 Å². The molecule has 0 atom stereocenters. The summed E-state index contributed by atoms with van der Waals surface area (Å²) in [5, 5.41) is 3.70. The summed E-state index contributed by atoms with van der Waals surface area (Å²) in [4.78, 5) is 18.5. The molecule has 1 aliphatic rings. The molecule has 1 aliphatic carbocycles. The number of rotatable bonds is 6. The Kier molecular flexibility index (Phi) is 7.77. The van der Waals surface area contributed by atoms with Gasteiger partial charge in [0.15, 0.2) is 0 Å². The second kappa shape index (κ2) is 10.3. The Balaban J connectivity index is 1.56. The molecule has 0 radical (unpaired) electrons. The van der Waals surface area contributed by atoms with Crippen LogP contribution in [0.4, 0.5) is 4.79 Å². The molecular weight excluding hydrogens is 402 g/mol. The van der Waals surface area contributed by atoms with E-state index in [2.05, 4.69) is 28.5 Å². The summed E-state index contributed by atoms with van der Waals surface area (Å²) in [6.07, 6.45) is 5.68. The van der Waals surface area contributed by atoms with Crippen molar-refractivity contribution in [3.63, 3.8) is 0 Å². The maximum absolute atomic E-state index is 12.4. The number of aryl methyl sites for hydroxylation is 1. The van der Waals surface area contributed by atoms with Crippen molar-refractivity contribution < 1.29 is 14.3 Å². The molecule has 3 rings (SSSR count). The Labute approximate surface area is 192 Å². The van der Waals surface area contributed by atoms with Crippen molar-refractivity contribution in [3.05, 3.63) is 47.8 Å². The molecule has 1 heterocycles. The maximum atomic E-state index is 12.4. The molecule has 32 heavy (non-hydrogen) atoms. The first kappa shape index (κ1) is 24.1. The van der Waals surface area contributed by atoms with Gasteiger partial charge in [0.05, 0.1) is 7.11 Å². The Bertz CT molecular complexity index is 898. The molecular formula is C26H37N3O3. The van der Waals surface area contributed by atoms with Crippen LogP contribution in [0.2, 0.25) is 0 Å². The fraction of sp³-hybridized carbons (Fsp3) is 0.538. The molecule has 174 valence electrons. The third-order valence-corrected chi connectivity index (χ3v) is 6.03. The molecule has 1 amide bonds. The highest BCUT2D eigenvalue weighted by molar-refractivity contribution is 5.68. The SMILES string of the molecule is COc1ccc(-c2ccc(C)nc2)cc1CNC1CCC(N(C)C(=O)OC(C)(C)C)CC1. The molecule has 0 spiro atoms. The minimum absolute atomic E-state index is 0.231. The zero-order valence-corrected chi connectivity index (χ0v) is 20.3. The van der Waals surface area contributed by atoms with Crippen molar-refractivity contribution >= 4 is 6.09 Å². The first-order valence-electron chi connectivity index (χ1n) is 11.5. The Morgan fingerprint density at radius 1 is 1.12 bits per heavy atom. The number of amides is 1. The van der Waals surface area contributed by atoms with Crippen LogP contribution in [-0.4, -0.2) is 47.8 Å². The summed E-state index contributed by atoms with van der Waals surface area (Å²) in [7, 11) is 3.56. The molecule has 1 saturated carbocycles. The molecule has 2 aromatic rings. The fourth-order valence-electron chi connectivity index (χ4n) is 4.14. The lowest BCUT2D eigenvalue weighted by atomic mass is 9.90. The largest absolute Gasteiger partial charge is 0.496 e. The summed E-state index contributed by atoms with van der Waals surface area (Å²) in [6, 6.07) is 11.1. The van der Waals surface area contributed by atoms with Crippen molar-refractivity contribution in [1.29, 1.82) is 0 Å². The smallest absolute Gasteiger partial charge is 0.410 e. The highest BCUT2D eigenvalue weighted by Gasteiger charge is 2.29. The van der Waals surface area contributed by atoms with E-state index in [1.54, 1.807) is 12.0 Å². The average molecular weight is 440 g/mol. The first-order valence-corrected chi connectivity index (χ1v) is 11.5. The molecule has 0 unspecified atom stereocenters. The molecule has 0 aliphatic heterocycles. The second-order valence-electron chi connectivity index (χ2n) is 9.69. The quantitative estimate of drug-likeness (QED) is 0.659. The van der Waals surface area contributed by atoms with Gasteiger partial charge in [-0.2, -0.15) is 0 Å². The van der Waals surface area contributed by atoms with Gasteiger partial charge in [-0.15, -0.1) is 0 Å². The highest BCUT2D eigenvalue weighted by atomic mass is 16.6. The number of carbonyl (C=O) groups is 1. The van der Waals surface area contributed by atoms with E-state index in [1.807, 2.05) is 53.1 Å². The van der Waals surface area contributed by atoms with Crippen LogP contribution in [0.5, 0.6) is 5.75 Å². The Morgan fingerprint density at radius 2 is 1.81 bits per heavy atom. The van der Waals surface area contributed by atoms with Crippen LogP contribution >= 0.6 is 0 Å². The highest BCUT2D eigenvalue weighted by Crippen LogP contribution is 2.28. The topological polar surface area (TPSA) is 63.7 Å². The van der Waals surface area contributed by atoms with Crippen molar-refractivity contribution in [1.82, 2.24) is 15.2 Å². The number of pyridine rings is 1. The minimum Gasteiger partial charge on any atom is -0.496 e. The van der Waals surface area contributed by atoms with Gasteiger partial charge in [0, 0.05) is 48.7 Å². The van der Waals surface area contributed by atoms with E-state index in [0.29, 0.717) is 6.04 Å². The predicted octanol–water partition coefficient (Wildman–Crippen LogP) is 5.33. The Hall–Kier alpha value is -2.60. The van der Waals surface area contributed by atoms with Crippen LogP contribution in [0.25, 0.3) is 11.1 Å². The van der Waals surface area contributed by atoms with Crippen molar-refractivity contribution in [3.8, 4) is 16.9 Å². The molecule has 0 bridgehead atoms. The monoisotopic (exact) mass is 439 g/mol. The number of carbonyl (C=O) groups excluding carboxylic acids is 1. The summed E-state index contributed by atoms with van der Waals surface area (Å²) in [5.74, 6) is 0.889. The van der Waals surface area contributed by atoms with E-state index in [9.17, 15) is 4.79 Å². The van der Waals surface area contributed by atoms with Gasteiger partial charge < -0.3 is 19.7 Å². The zero-order valence-electron chi connectivity index (χ0n) is 20.3. The normalized spacial score (nSPS) is 18.8. The zero-order chi connectivity index (χ0) is 23.3. The number of hydrogen-bond acceptors (Lipinski definition) is 5. The lowest BCUT2D eigenvalue weighted by Crippen LogP contribution is -2.44. The van der Waals surface area contributed by atoms with Gasteiger partial charge in [-0.1, -0.05) is 12.1 Å². The van der Waals surface area contributed by atoms with Crippen molar-refractivity contribution in [2.45, 2.75) is 77.6 Å². The van der Waals surface area contributed by atoms with E-state index in [0.717, 1.165) is 60.4 Å². The maximum Gasteiger partial charge on any atom is 0.410 e. The summed E-state index contributed by atoms with van der Waals surface area (Å²) >= 11 is 0. The number of nitrogens with one attached hydrogen (secondary N) is 1. The molecule has 1 aromatic heterocycles. The number of hydrogen-bond donors (Lipinski definition) is 1. The van der Waals surface area contributed by atoms with E-state index in [1.165, 1.54) is 0 Å². The van der Waals surface area contributed by atoms with Crippen LogP contribution in [0.15, 0.2) is 36.5 Å². The van der Waals surface area contributed by atoms with Gasteiger partial charge in [-0.05, 0) is 77.1 Å². The van der Waals surface area contributed by atoms with Gasteiger partial charge in [0.2, 0.25) is 0 Å². The first-order chi connectivity index (χ1) is 15.2. The van der Waals surface area contributed by atoms with Crippen LogP contribution in [0.1, 0.15) is 57.7 Å². The van der Waals surface area contributed by atoms with E-state index < -0.39 is 5.60 Å². The van der Waals surface area contributed by atoms with E-state index in [4.69, 9.17) is 9.47 Å². The fourth-order valence-corrected chi connectivity index (χ4v) is 4.14. The third-order valence-electron chi connectivity index (χ3n) is 6.03.